The van der Waals surface area contributed by atoms with Gasteiger partial charge in [-0.05, 0) is 65.1 Å². The average Bonchev–Trinajstić information content (AvgIpc) is 2.47. The third kappa shape index (κ3) is 4.24. The molecule has 0 unspecified atom stereocenters. The number of hydrogen-bond donors (Lipinski definition) is 2. The van der Waals surface area contributed by atoms with E-state index in [-0.39, 0.29) is 11.0 Å². The Labute approximate surface area is 141 Å². The smallest absolute Gasteiger partial charge is 0.258 e. The van der Waals surface area contributed by atoms with Crippen molar-refractivity contribution in [1.82, 2.24) is 5.32 Å². The fourth-order valence-corrected chi connectivity index (χ4v) is 2.49. The number of rotatable bonds is 2. The molecule has 0 aromatic heterocycles. The van der Waals surface area contributed by atoms with E-state index >= 15 is 0 Å². The Kier molecular flexibility index (Phi) is 5.25. The molecule has 0 aliphatic heterocycles. The largest absolute Gasteiger partial charge is 0.332 e. The molecular weight excluding hydrogens is 397 g/mol. The highest BCUT2D eigenvalue weighted by Crippen LogP contribution is 2.12. The molecule has 0 spiro atoms. The van der Waals surface area contributed by atoms with Crippen LogP contribution in [-0.2, 0) is 0 Å². The van der Waals surface area contributed by atoms with Crippen LogP contribution < -0.4 is 10.6 Å². The molecule has 0 bridgehead atoms. The van der Waals surface area contributed by atoms with E-state index in [0.717, 1.165) is 3.57 Å². The van der Waals surface area contributed by atoms with Gasteiger partial charge in [-0.15, -0.1) is 0 Å². The molecule has 1 amide bonds. The maximum Gasteiger partial charge on any atom is 0.258 e. The van der Waals surface area contributed by atoms with Crippen LogP contribution >= 0.6 is 34.8 Å². The number of nitriles is 1. The first-order valence-electron chi connectivity index (χ1n) is 5.97. The zero-order valence-corrected chi connectivity index (χ0v) is 13.7. The van der Waals surface area contributed by atoms with Gasteiger partial charge in [0.15, 0.2) is 5.11 Å². The summed E-state index contributed by atoms with van der Waals surface area (Å²) in [7, 11) is 0. The molecule has 104 valence electrons. The van der Waals surface area contributed by atoms with Crippen molar-refractivity contribution < 1.29 is 4.79 Å². The van der Waals surface area contributed by atoms with Crippen LogP contribution in [0.2, 0.25) is 0 Å². The molecule has 0 fully saturated rings. The Morgan fingerprint density at radius 1 is 1.19 bits per heavy atom. The highest BCUT2D eigenvalue weighted by Gasteiger charge is 2.10. The fourth-order valence-electron chi connectivity index (χ4n) is 1.64. The summed E-state index contributed by atoms with van der Waals surface area (Å²) in [6.45, 7) is 0. The summed E-state index contributed by atoms with van der Waals surface area (Å²) >= 11 is 7.20. The first-order chi connectivity index (χ1) is 10.1. The van der Waals surface area contributed by atoms with Crippen molar-refractivity contribution in [3.63, 3.8) is 0 Å². The molecule has 6 heteroatoms. The van der Waals surface area contributed by atoms with Gasteiger partial charge in [0.2, 0.25) is 0 Å². The molecular formula is C15H10IN3OS. The van der Waals surface area contributed by atoms with Gasteiger partial charge < -0.3 is 5.32 Å². The predicted octanol–water partition coefficient (Wildman–Crippen LogP) is 3.29. The molecule has 2 aromatic rings. The van der Waals surface area contributed by atoms with Crippen LogP contribution in [0.25, 0.3) is 0 Å². The molecule has 0 atom stereocenters. The van der Waals surface area contributed by atoms with E-state index in [1.165, 1.54) is 0 Å². The Balaban J connectivity index is 2.03. The molecule has 0 saturated heterocycles. The van der Waals surface area contributed by atoms with Crippen molar-refractivity contribution in [2.75, 3.05) is 5.32 Å². The number of anilines is 1. The molecule has 2 rings (SSSR count). The topological polar surface area (TPSA) is 64.9 Å². The van der Waals surface area contributed by atoms with Gasteiger partial charge in [0.1, 0.15) is 0 Å². The Hall–Kier alpha value is -1.98. The van der Waals surface area contributed by atoms with Gasteiger partial charge in [-0.25, -0.2) is 0 Å². The summed E-state index contributed by atoms with van der Waals surface area (Å²) < 4.78 is 0.849. The average molecular weight is 407 g/mol. The number of thiocarbonyl (C=S) groups is 1. The van der Waals surface area contributed by atoms with Crippen LogP contribution in [0, 0.1) is 14.9 Å². The predicted molar refractivity (Wildman–Crippen MR) is 94.0 cm³/mol. The number of hydrogen-bond acceptors (Lipinski definition) is 3. The van der Waals surface area contributed by atoms with Gasteiger partial charge in [0, 0.05) is 9.26 Å². The minimum absolute atomic E-state index is 0.190. The van der Waals surface area contributed by atoms with Crippen LogP contribution in [0.5, 0.6) is 0 Å². The molecule has 21 heavy (non-hydrogen) atoms. The first kappa shape index (κ1) is 15.4. The lowest BCUT2D eigenvalue weighted by Crippen LogP contribution is -2.34. The monoisotopic (exact) mass is 407 g/mol. The maximum atomic E-state index is 12.1. The molecule has 0 heterocycles. The van der Waals surface area contributed by atoms with Gasteiger partial charge in [-0.2, -0.15) is 5.26 Å². The highest BCUT2D eigenvalue weighted by atomic mass is 127. The third-order valence-electron chi connectivity index (χ3n) is 2.60. The number of carbonyl (C=O) groups is 1. The van der Waals surface area contributed by atoms with Crippen molar-refractivity contribution in [1.29, 1.82) is 5.26 Å². The summed E-state index contributed by atoms with van der Waals surface area (Å²) in [6, 6.07) is 16.1. The first-order valence-corrected chi connectivity index (χ1v) is 7.46. The number of halogens is 1. The van der Waals surface area contributed by atoms with Crippen molar-refractivity contribution >= 4 is 51.5 Å². The molecule has 0 radical (unpaired) electrons. The van der Waals surface area contributed by atoms with Gasteiger partial charge >= 0.3 is 0 Å². The summed E-state index contributed by atoms with van der Waals surface area (Å²) in [5, 5.41) is 14.5. The number of nitrogens with one attached hydrogen (secondary N) is 2. The van der Waals surface area contributed by atoms with Gasteiger partial charge in [0.05, 0.1) is 17.2 Å². The zero-order chi connectivity index (χ0) is 15.2. The summed E-state index contributed by atoms with van der Waals surface area (Å²) in [5.74, 6) is -0.270. The molecule has 2 N–H and O–H groups in total. The minimum atomic E-state index is -0.270. The number of benzene rings is 2. The summed E-state index contributed by atoms with van der Waals surface area (Å²) in [4.78, 5) is 12.1. The molecule has 0 aliphatic carbocycles. The lowest BCUT2D eigenvalue weighted by Gasteiger charge is -2.10. The number of nitrogens with zero attached hydrogens (tertiary/aromatic N) is 1. The lowest BCUT2D eigenvalue weighted by molar-refractivity contribution is 0.0977. The Morgan fingerprint density at radius 2 is 1.95 bits per heavy atom. The van der Waals surface area contributed by atoms with E-state index < -0.39 is 0 Å². The van der Waals surface area contributed by atoms with Crippen molar-refractivity contribution in [3.8, 4) is 6.07 Å². The van der Waals surface area contributed by atoms with Crippen LogP contribution in [-0.4, -0.2) is 11.0 Å². The van der Waals surface area contributed by atoms with Crippen molar-refractivity contribution in [3.05, 3.63) is 63.2 Å². The van der Waals surface area contributed by atoms with E-state index in [1.807, 2.05) is 18.2 Å². The molecule has 0 aliphatic rings. The summed E-state index contributed by atoms with van der Waals surface area (Å²) in [6.07, 6.45) is 0. The van der Waals surface area contributed by atoms with Crippen molar-refractivity contribution in [2.45, 2.75) is 0 Å². The second kappa shape index (κ2) is 7.15. The Bertz CT molecular complexity index is 740. The third-order valence-corrected chi connectivity index (χ3v) is 3.74. The molecule has 0 saturated carbocycles. The Morgan fingerprint density at radius 3 is 2.67 bits per heavy atom. The van der Waals surface area contributed by atoms with Gasteiger partial charge in [-0.1, -0.05) is 18.2 Å². The number of carbonyl (C=O) groups excluding carboxylic acids is 1. The highest BCUT2D eigenvalue weighted by molar-refractivity contribution is 14.1. The summed E-state index contributed by atoms with van der Waals surface area (Å²) in [5.41, 5.74) is 1.74. The van der Waals surface area contributed by atoms with E-state index in [2.05, 4.69) is 33.2 Å². The molecule has 2 aromatic carbocycles. The second-order valence-corrected chi connectivity index (χ2v) is 5.65. The minimum Gasteiger partial charge on any atom is -0.332 e. The molecule has 4 nitrogen and oxygen atoms in total. The fraction of sp³-hybridized carbons (Fsp3) is 0. The zero-order valence-electron chi connectivity index (χ0n) is 10.8. The van der Waals surface area contributed by atoms with E-state index in [1.54, 1.807) is 36.4 Å². The quantitative estimate of drug-likeness (QED) is 0.593. The van der Waals surface area contributed by atoms with Crippen LogP contribution in [0.15, 0.2) is 48.5 Å². The van der Waals surface area contributed by atoms with Crippen LogP contribution in [0.1, 0.15) is 15.9 Å². The lowest BCUT2D eigenvalue weighted by atomic mass is 10.2. The second-order valence-electron chi connectivity index (χ2n) is 4.08. The van der Waals surface area contributed by atoms with Crippen LogP contribution in [0.4, 0.5) is 5.69 Å². The van der Waals surface area contributed by atoms with Gasteiger partial charge in [-0.3, -0.25) is 10.1 Å². The van der Waals surface area contributed by atoms with E-state index in [4.69, 9.17) is 17.5 Å². The van der Waals surface area contributed by atoms with Crippen LogP contribution in [0.3, 0.4) is 0 Å². The maximum absolute atomic E-state index is 12.1. The van der Waals surface area contributed by atoms with Crippen molar-refractivity contribution in [2.24, 2.45) is 0 Å². The SMILES string of the molecule is N#Cc1cccc(NC(=S)NC(=O)c2ccccc2I)c1. The normalized spacial score (nSPS) is 9.52. The van der Waals surface area contributed by atoms with E-state index in [9.17, 15) is 4.79 Å². The van der Waals surface area contributed by atoms with E-state index in [0.29, 0.717) is 16.8 Å². The number of amides is 1. The standard InChI is InChI=1S/C15H10IN3OS/c16-13-7-2-1-6-12(13)14(20)19-15(21)18-11-5-3-4-10(8-11)9-17/h1-8H,(H2,18,19,20,21). The van der Waals surface area contributed by atoms with Gasteiger partial charge in [0.25, 0.3) is 5.91 Å².